The number of esters is 1. The van der Waals surface area contributed by atoms with Crippen molar-refractivity contribution in [2.24, 2.45) is 0 Å². The van der Waals surface area contributed by atoms with Crippen LogP contribution in [0.1, 0.15) is 10.4 Å². The average molecular weight is 339 g/mol. The third kappa shape index (κ3) is 6.86. The van der Waals surface area contributed by atoms with Gasteiger partial charge in [-0.25, -0.2) is 4.39 Å². The Morgan fingerprint density at radius 3 is 2.25 bits per heavy atom. The monoisotopic (exact) mass is 339 g/mol. The van der Waals surface area contributed by atoms with Crippen molar-refractivity contribution in [3.8, 4) is 0 Å². The second kappa shape index (κ2) is 9.23. The Balaban J connectivity index is 2.26. The highest BCUT2D eigenvalue weighted by Gasteiger charge is 2.12. The van der Waals surface area contributed by atoms with Crippen molar-refractivity contribution in [3.05, 3.63) is 35.6 Å². The van der Waals surface area contributed by atoms with Crippen molar-refractivity contribution in [1.29, 1.82) is 0 Å². The number of carbonyl (C=O) groups excluding carboxylic acids is 4. The van der Waals surface area contributed by atoms with Crippen LogP contribution in [0.5, 0.6) is 0 Å². The minimum Gasteiger partial charge on any atom is -0.454 e. The molecule has 0 aromatic heterocycles. The van der Waals surface area contributed by atoms with E-state index in [0.717, 1.165) is 12.1 Å². The molecule has 1 rings (SSSR count). The molecule has 0 unspecified atom stereocenters. The minimum absolute atomic E-state index is 0.184. The number of carbonyl (C=O) groups is 4. The lowest BCUT2D eigenvalue weighted by molar-refractivity contribution is -0.147. The number of ether oxygens (including phenoxy) is 1. The zero-order chi connectivity index (χ0) is 18.1. The van der Waals surface area contributed by atoms with Gasteiger partial charge in [-0.15, -0.1) is 0 Å². The molecule has 8 nitrogen and oxygen atoms in total. The molecular weight excluding hydrogens is 321 g/mol. The maximum atomic E-state index is 12.7. The molecule has 0 fully saturated rings. The number of benzene rings is 1. The smallest absolute Gasteiger partial charge is 0.325 e. The summed E-state index contributed by atoms with van der Waals surface area (Å²) in [7, 11) is 3.08. The number of hydrogen-bond acceptors (Lipinski definition) is 5. The third-order valence-electron chi connectivity index (χ3n) is 2.80. The van der Waals surface area contributed by atoms with Gasteiger partial charge in [0.05, 0.1) is 6.54 Å². The molecule has 0 heterocycles. The van der Waals surface area contributed by atoms with Gasteiger partial charge < -0.3 is 20.3 Å². The molecule has 0 aliphatic carbocycles. The van der Waals surface area contributed by atoms with Crippen LogP contribution in [0.2, 0.25) is 0 Å². The molecule has 0 saturated carbocycles. The van der Waals surface area contributed by atoms with Crippen LogP contribution in [-0.4, -0.2) is 62.4 Å². The van der Waals surface area contributed by atoms with Crippen LogP contribution < -0.4 is 10.6 Å². The van der Waals surface area contributed by atoms with E-state index in [1.807, 2.05) is 0 Å². The molecule has 0 aliphatic rings. The number of rotatable bonds is 7. The fraction of sp³-hybridized carbons (Fsp3) is 0.333. The van der Waals surface area contributed by atoms with Crippen LogP contribution in [0.25, 0.3) is 0 Å². The topological polar surface area (TPSA) is 105 Å². The Bertz CT molecular complexity index is 616. The standard InChI is InChI=1S/C15H18FN3O5/c1-19(2)13(21)7-17-12(20)9-24-14(22)8-18-15(23)10-3-5-11(16)6-4-10/h3-6H,7-9H2,1-2H3,(H,17,20)(H,18,23). The second-order valence-corrected chi connectivity index (χ2v) is 4.92. The molecule has 0 saturated heterocycles. The third-order valence-corrected chi connectivity index (χ3v) is 2.80. The fourth-order valence-corrected chi connectivity index (χ4v) is 1.44. The summed E-state index contributed by atoms with van der Waals surface area (Å²) in [5.74, 6) is -2.82. The van der Waals surface area contributed by atoms with Crippen molar-refractivity contribution < 1.29 is 28.3 Å². The highest BCUT2D eigenvalue weighted by molar-refractivity contribution is 5.96. The summed E-state index contributed by atoms with van der Waals surface area (Å²) in [4.78, 5) is 47.0. The molecule has 0 radical (unpaired) electrons. The van der Waals surface area contributed by atoms with Crippen LogP contribution in [-0.2, 0) is 19.1 Å². The lowest BCUT2D eigenvalue weighted by Gasteiger charge is -2.11. The maximum absolute atomic E-state index is 12.7. The molecule has 2 N–H and O–H groups in total. The lowest BCUT2D eigenvalue weighted by atomic mass is 10.2. The summed E-state index contributed by atoms with van der Waals surface area (Å²) in [5, 5.41) is 4.56. The number of nitrogens with one attached hydrogen (secondary N) is 2. The maximum Gasteiger partial charge on any atom is 0.325 e. The molecule has 24 heavy (non-hydrogen) atoms. The van der Waals surface area contributed by atoms with E-state index in [1.165, 1.54) is 31.1 Å². The van der Waals surface area contributed by atoms with Crippen LogP contribution in [0.3, 0.4) is 0 Å². The van der Waals surface area contributed by atoms with Crippen molar-refractivity contribution in [2.45, 2.75) is 0 Å². The zero-order valence-corrected chi connectivity index (χ0v) is 13.3. The molecule has 0 aliphatic heterocycles. The summed E-state index contributed by atoms with van der Waals surface area (Å²) < 4.78 is 17.4. The van der Waals surface area contributed by atoms with Gasteiger partial charge in [0.15, 0.2) is 6.61 Å². The molecule has 0 bridgehead atoms. The van der Waals surface area contributed by atoms with Gasteiger partial charge in [0.1, 0.15) is 12.4 Å². The number of hydrogen-bond donors (Lipinski definition) is 2. The quantitative estimate of drug-likeness (QED) is 0.640. The van der Waals surface area contributed by atoms with Gasteiger partial charge in [0.25, 0.3) is 11.8 Å². The summed E-state index contributed by atoms with van der Waals surface area (Å²) in [5.41, 5.74) is 0.184. The SMILES string of the molecule is CN(C)C(=O)CNC(=O)COC(=O)CNC(=O)c1ccc(F)cc1. The van der Waals surface area contributed by atoms with Crippen molar-refractivity contribution in [1.82, 2.24) is 15.5 Å². The normalized spacial score (nSPS) is 9.79. The molecule has 9 heteroatoms. The molecule has 0 atom stereocenters. The Labute approximate surface area is 138 Å². The first-order valence-electron chi connectivity index (χ1n) is 6.96. The van der Waals surface area contributed by atoms with Gasteiger partial charge in [0.2, 0.25) is 5.91 Å². The Kier molecular flexibility index (Phi) is 7.34. The number of likely N-dealkylation sites (N-methyl/N-ethyl adjacent to an activating group) is 1. The Morgan fingerprint density at radius 1 is 1.04 bits per heavy atom. The van der Waals surface area contributed by atoms with Crippen LogP contribution in [0, 0.1) is 5.82 Å². The fourth-order valence-electron chi connectivity index (χ4n) is 1.44. The van der Waals surface area contributed by atoms with Gasteiger partial charge in [-0.1, -0.05) is 0 Å². The van der Waals surface area contributed by atoms with E-state index in [9.17, 15) is 23.6 Å². The first kappa shape index (κ1) is 19.1. The predicted octanol–water partition coefficient (Wildman–Crippen LogP) is -0.697. The Morgan fingerprint density at radius 2 is 1.67 bits per heavy atom. The largest absolute Gasteiger partial charge is 0.454 e. The number of nitrogens with zero attached hydrogens (tertiary/aromatic N) is 1. The predicted molar refractivity (Wildman–Crippen MR) is 81.4 cm³/mol. The van der Waals surface area contributed by atoms with E-state index >= 15 is 0 Å². The molecular formula is C15H18FN3O5. The van der Waals surface area contributed by atoms with Gasteiger partial charge >= 0.3 is 5.97 Å². The summed E-state index contributed by atoms with van der Waals surface area (Å²) in [6, 6.07) is 4.77. The number of halogens is 1. The minimum atomic E-state index is -0.820. The second-order valence-electron chi connectivity index (χ2n) is 4.92. The molecule has 1 aromatic rings. The molecule has 0 spiro atoms. The number of amides is 3. The highest BCUT2D eigenvalue weighted by Crippen LogP contribution is 2.02. The van der Waals surface area contributed by atoms with E-state index in [2.05, 4.69) is 15.4 Å². The first-order chi connectivity index (χ1) is 11.3. The molecule has 3 amide bonds. The van der Waals surface area contributed by atoms with Crippen LogP contribution in [0.4, 0.5) is 4.39 Å². The van der Waals surface area contributed by atoms with E-state index in [0.29, 0.717) is 0 Å². The Hall–Kier alpha value is -2.97. The summed E-state index contributed by atoms with van der Waals surface area (Å²) >= 11 is 0. The van der Waals surface area contributed by atoms with Gasteiger partial charge in [-0.2, -0.15) is 0 Å². The van der Waals surface area contributed by atoms with E-state index < -0.39 is 36.8 Å². The van der Waals surface area contributed by atoms with Crippen molar-refractivity contribution >= 4 is 23.7 Å². The van der Waals surface area contributed by atoms with Crippen molar-refractivity contribution in [3.63, 3.8) is 0 Å². The lowest BCUT2D eigenvalue weighted by Crippen LogP contribution is -2.39. The van der Waals surface area contributed by atoms with Crippen LogP contribution in [0.15, 0.2) is 24.3 Å². The highest BCUT2D eigenvalue weighted by atomic mass is 19.1. The van der Waals surface area contributed by atoms with Gasteiger partial charge in [-0.05, 0) is 24.3 Å². The summed E-state index contributed by atoms with van der Waals surface area (Å²) in [6.45, 7) is -1.21. The molecule has 1 aromatic carbocycles. The average Bonchev–Trinajstić information content (AvgIpc) is 2.56. The van der Waals surface area contributed by atoms with E-state index in [-0.39, 0.29) is 18.0 Å². The van der Waals surface area contributed by atoms with E-state index in [4.69, 9.17) is 0 Å². The first-order valence-corrected chi connectivity index (χ1v) is 6.96. The van der Waals surface area contributed by atoms with E-state index in [1.54, 1.807) is 0 Å². The van der Waals surface area contributed by atoms with Gasteiger partial charge in [0, 0.05) is 19.7 Å². The molecule has 130 valence electrons. The van der Waals surface area contributed by atoms with Crippen molar-refractivity contribution in [2.75, 3.05) is 33.8 Å². The summed E-state index contributed by atoms with van der Waals surface area (Å²) in [6.07, 6.45) is 0. The zero-order valence-electron chi connectivity index (χ0n) is 13.3. The van der Waals surface area contributed by atoms with Gasteiger partial charge in [-0.3, -0.25) is 19.2 Å². The van der Waals surface area contributed by atoms with Crippen LogP contribution >= 0.6 is 0 Å².